The van der Waals surface area contributed by atoms with Crippen molar-refractivity contribution in [1.29, 1.82) is 0 Å². The van der Waals surface area contributed by atoms with E-state index in [1.807, 2.05) is 6.92 Å². The van der Waals surface area contributed by atoms with Gasteiger partial charge in [0.2, 0.25) is 0 Å². The maximum atomic E-state index is 12.2. The van der Waals surface area contributed by atoms with Crippen LogP contribution < -0.4 is 5.32 Å². The molecule has 2 amide bonds. The minimum Gasteiger partial charge on any atom is -0.393 e. The molecular weight excluding hydrogens is 323 g/mol. The number of carbonyl (C=O) groups is 1. The topological polar surface area (TPSA) is 52.6 Å². The lowest BCUT2D eigenvalue weighted by molar-refractivity contribution is 0.0324. The maximum absolute atomic E-state index is 12.2. The van der Waals surface area contributed by atoms with E-state index in [2.05, 4.69) is 5.32 Å². The molecule has 2 rings (SSSR count). The molecular formula is C16H22Cl2N2O2. The van der Waals surface area contributed by atoms with E-state index in [-0.39, 0.29) is 18.2 Å². The summed E-state index contributed by atoms with van der Waals surface area (Å²) in [5, 5.41) is 13.5. The third kappa shape index (κ3) is 4.51. The normalized spacial score (nSPS) is 21.9. The molecule has 4 nitrogen and oxygen atoms in total. The van der Waals surface area contributed by atoms with E-state index in [1.165, 1.54) is 0 Å². The summed E-state index contributed by atoms with van der Waals surface area (Å²) in [6.07, 6.45) is 1.95. The van der Waals surface area contributed by atoms with Gasteiger partial charge in [-0.1, -0.05) is 29.3 Å². The van der Waals surface area contributed by atoms with Crippen LogP contribution in [0.1, 0.15) is 25.3 Å². The van der Waals surface area contributed by atoms with Crippen molar-refractivity contribution in [1.82, 2.24) is 10.2 Å². The molecule has 1 aromatic rings. The average Bonchev–Trinajstić information content (AvgIpc) is 2.41. The Morgan fingerprint density at radius 1 is 1.41 bits per heavy atom. The van der Waals surface area contributed by atoms with Crippen LogP contribution in [0.25, 0.3) is 0 Å². The summed E-state index contributed by atoms with van der Waals surface area (Å²) in [6, 6.07) is 5.21. The van der Waals surface area contributed by atoms with Gasteiger partial charge in [-0.25, -0.2) is 4.79 Å². The lowest BCUT2D eigenvalue weighted by Gasteiger charge is -2.34. The Labute approximate surface area is 141 Å². The van der Waals surface area contributed by atoms with Gasteiger partial charge in [-0.2, -0.15) is 0 Å². The number of carbonyl (C=O) groups excluding carboxylic acids is 1. The van der Waals surface area contributed by atoms with Crippen molar-refractivity contribution in [2.75, 3.05) is 13.6 Å². The number of benzene rings is 1. The lowest BCUT2D eigenvalue weighted by atomic mass is 9.82. The smallest absolute Gasteiger partial charge is 0.317 e. The van der Waals surface area contributed by atoms with Crippen molar-refractivity contribution < 1.29 is 9.90 Å². The molecule has 0 radical (unpaired) electrons. The monoisotopic (exact) mass is 344 g/mol. The molecule has 6 heteroatoms. The van der Waals surface area contributed by atoms with Gasteiger partial charge in [-0.3, -0.25) is 0 Å². The number of rotatable bonds is 5. The van der Waals surface area contributed by atoms with Crippen molar-refractivity contribution in [2.45, 2.75) is 38.3 Å². The number of halogens is 2. The summed E-state index contributed by atoms with van der Waals surface area (Å²) in [4.78, 5) is 13.8. The van der Waals surface area contributed by atoms with E-state index in [4.69, 9.17) is 23.2 Å². The van der Waals surface area contributed by atoms with E-state index in [1.54, 1.807) is 30.1 Å². The molecule has 1 aliphatic rings. The van der Waals surface area contributed by atoms with Crippen molar-refractivity contribution in [3.63, 3.8) is 0 Å². The van der Waals surface area contributed by atoms with Gasteiger partial charge in [0, 0.05) is 29.7 Å². The van der Waals surface area contributed by atoms with E-state index < -0.39 is 0 Å². The molecule has 0 aliphatic heterocycles. The quantitative estimate of drug-likeness (QED) is 0.860. The zero-order valence-electron chi connectivity index (χ0n) is 12.9. The van der Waals surface area contributed by atoms with Crippen LogP contribution in [0.5, 0.6) is 0 Å². The van der Waals surface area contributed by atoms with Gasteiger partial charge in [0.25, 0.3) is 0 Å². The number of hydrogen-bond acceptors (Lipinski definition) is 2. The number of aliphatic hydroxyl groups excluding tert-OH is 1. The summed E-state index contributed by atoms with van der Waals surface area (Å²) in [6.45, 7) is 2.60. The van der Waals surface area contributed by atoms with Crippen LogP contribution in [0.15, 0.2) is 18.2 Å². The number of amides is 2. The Morgan fingerprint density at radius 3 is 2.55 bits per heavy atom. The summed E-state index contributed by atoms with van der Waals surface area (Å²) in [5.41, 5.74) is 0.850. The molecule has 0 aromatic heterocycles. The second kappa shape index (κ2) is 7.53. The van der Waals surface area contributed by atoms with Crippen LogP contribution in [0.4, 0.5) is 4.79 Å². The summed E-state index contributed by atoms with van der Waals surface area (Å²) >= 11 is 12.3. The summed E-state index contributed by atoms with van der Waals surface area (Å²) in [5.74, 6) is 0.402. The van der Waals surface area contributed by atoms with Gasteiger partial charge in [0.05, 0.1) is 6.10 Å². The second-order valence-electron chi connectivity index (χ2n) is 6.13. The minimum absolute atomic E-state index is 0.0701. The highest BCUT2D eigenvalue weighted by Crippen LogP contribution is 2.28. The van der Waals surface area contributed by atoms with Gasteiger partial charge in [-0.05, 0) is 49.8 Å². The molecule has 0 unspecified atom stereocenters. The minimum atomic E-state index is -0.192. The molecule has 0 spiro atoms. The molecule has 0 bridgehead atoms. The van der Waals surface area contributed by atoms with Gasteiger partial charge in [0.15, 0.2) is 0 Å². The molecule has 1 saturated carbocycles. The van der Waals surface area contributed by atoms with Gasteiger partial charge in [-0.15, -0.1) is 0 Å². The number of urea groups is 1. The van der Waals surface area contributed by atoms with Crippen LogP contribution in [0.3, 0.4) is 0 Å². The van der Waals surface area contributed by atoms with Crippen molar-refractivity contribution >= 4 is 29.2 Å². The fourth-order valence-electron chi connectivity index (χ4n) is 2.73. The van der Waals surface area contributed by atoms with Crippen molar-refractivity contribution in [3.8, 4) is 0 Å². The van der Waals surface area contributed by atoms with Gasteiger partial charge in [0.1, 0.15) is 0 Å². The first-order chi connectivity index (χ1) is 10.4. The predicted molar refractivity (Wildman–Crippen MR) is 89.5 cm³/mol. The molecule has 22 heavy (non-hydrogen) atoms. The Morgan fingerprint density at radius 2 is 2.00 bits per heavy atom. The summed E-state index contributed by atoms with van der Waals surface area (Å²) in [7, 11) is 1.77. The molecule has 1 aromatic carbocycles. The zero-order valence-corrected chi connectivity index (χ0v) is 14.4. The Kier molecular flexibility index (Phi) is 5.95. The maximum Gasteiger partial charge on any atom is 0.317 e. The highest BCUT2D eigenvalue weighted by molar-refractivity contribution is 6.36. The molecule has 1 fully saturated rings. The van der Waals surface area contributed by atoms with Crippen molar-refractivity contribution in [2.24, 2.45) is 5.92 Å². The summed E-state index contributed by atoms with van der Waals surface area (Å²) < 4.78 is 0. The third-order valence-corrected chi connectivity index (χ3v) is 4.74. The first-order valence-corrected chi connectivity index (χ1v) is 8.25. The number of aliphatic hydroxyl groups is 1. The largest absolute Gasteiger partial charge is 0.393 e. The molecule has 0 heterocycles. The Bertz CT molecular complexity index is 513. The standard InChI is InChI=1S/C16H22Cl2N2O2/c1-10(6-13-14(17)4-3-5-15(13)18)19-16(22)20(2)9-11-7-12(21)8-11/h3-5,10-12,21H,6-9H2,1-2H3,(H,19,22)/t10-,11?,12?/m1/s1. The zero-order chi connectivity index (χ0) is 16.3. The molecule has 122 valence electrons. The van der Waals surface area contributed by atoms with Crippen LogP contribution >= 0.6 is 23.2 Å². The Balaban J connectivity index is 1.83. The van der Waals surface area contributed by atoms with Crippen LogP contribution in [-0.2, 0) is 6.42 Å². The molecule has 1 atom stereocenters. The van der Waals surface area contributed by atoms with Crippen molar-refractivity contribution in [3.05, 3.63) is 33.8 Å². The van der Waals surface area contributed by atoms with Gasteiger partial charge < -0.3 is 15.3 Å². The number of nitrogens with zero attached hydrogens (tertiary/aromatic N) is 1. The Hall–Kier alpha value is -0.970. The molecule has 0 saturated heterocycles. The van der Waals surface area contributed by atoms with Gasteiger partial charge >= 0.3 is 6.03 Å². The van der Waals surface area contributed by atoms with E-state index in [9.17, 15) is 9.90 Å². The first-order valence-electron chi connectivity index (χ1n) is 7.49. The van der Waals surface area contributed by atoms with E-state index in [0.29, 0.717) is 28.9 Å². The predicted octanol–water partition coefficient (Wildman–Crippen LogP) is 3.34. The highest BCUT2D eigenvalue weighted by Gasteiger charge is 2.29. The van der Waals surface area contributed by atoms with Crippen LogP contribution in [0, 0.1) is 5.92 Å². The molecule has 2 N–H and O–H groups in total. The molecule has 1 aliphatic carbocycles. The number of hydrogen-bond donors (Lipinski definition) is 2. The number of nitrogens with one attached hydrogen (secondary N) is 1. The first kappa shape index (κ1) is 17.4. The second-order valence-corrected chi connectivity index (χ2v) is 6.94. The third-order valence-electron chi connectivity index (χ3n) is 4.03. The fraction of sp³-hybridized carbons (Fsp3) is 0.562. The lowest BCUT2D eigenvalue weighted by Crippen LogP contribution is -2.46. The van der Waals surface area contributed by atoms with E-state index >= 15 is 0 Å². The fourth-order valence-corrected chi connectivity index (χ4v) is 3.28. The SMILES string of the molecule is C[C@H](Cc1c(Cl)cccc1Cl)NC(=O)N(C)CC1CC(O)C1. The van der Waals surface area contributed by atoms with E-state index in [0.717, 1.165) is 18.4 Å². The average molecular weight is 345 g/mol. The van der Waals surface area contributed by atoms with Crippen LogP contribution in [-0.4, -0.2) is 41.8 Å². The van der Waals surface area contributed by atoms with Crippen LogP contribution in [0.2, 0.25) is 10.0 Å². The highest BCUT2D eigenvalue weighted by atomic mass is 35.5.